The van der Waals surface area contributed by atoms with E-state index in [1.165, 1.54) is 0 Å². The number of hydrogen-bond donors (Lipinski definition) is 2. The van der Waals surface area contributed by atoms with Crippen molar-refractivity contribution < 1.29 is 9.53 Å². The minimum absolute atomic E-state index is 0.0576. The summed E-state index contributed by atoms with van der Waals surface area (Å²) in [6.45, 7) is 5.89. The van der Waals surface area contributed by atoms with E-state index in [9.17, 15) is 4.79 Å². The van der Waals surface area contributed by atoms with Crippen LogP contribution < -0.4 is 11.1 Å². The van der Waals surface area contributed by atoms with Crippen molar-refractivity contribution in [3.63, 3.8) is 0 Å². The molecular formula is C22H24N4O2. The molecule has 0 spiro atoms. The van der Waals surface area contributed by atoms with E-state index in [1.54, 1.807) is 0 Å². The zero-order chi connectivity index (χ0) is 20.3. The Bertz CT molecular complexity index is 974. The van der Waals surface area contributed by atoms with E-state index in [4.69, 9.17) is 20.7 Å². The molecule has 0 saturated carbocycles. The Morgan fingerprint density at radius 2 is 2.04 bits per heavy atom. The van der Waals surface area contributed by atoms with Gasteiger partial charge in [0.25, 0.3) is 0 Å². The highest BCUT2D eigenvalue weighted by molar-refractivity contribution is 5.95. The molecule has 0 aliphatic carbocycles. The number of nitrogens with two attached hydrogens (primary N) is 1. The van der Waals surface area contributed by atoms with E-state index >= 15 is 0 Å². The topological polar surface area (TPSA) is 101 Å². The van der Waals surface area contributed by atoms with Crippen LogP contribution in [-0.4, -0.2) is 17.6 Å². The minimum Gasteiger partial charge on any atom is -0.461 e. The van der Waals surface area contributed by atoms with Gasteiger partial charge in [-0.15, -0.1) is 0 Å². The number of aryl methyl sites for hydroxylation is 1. The van der Waals surface area contributed by atoms with E-state index in [-0.39, 0.29) is 18.9 Å². The van der Waals surface area contributed by atoms with E-state index in [0.717, 1.165) is 28.8 Å². The number of aromatic nitrogens is 1. The molecule has 6 heteroatoms. The zero-order valence-corrected chi connectivity index (χ0v) is 16.4. The first kappa shape index (κ1) is 19.4. The molecule has 0 amide bonds. The number of benzene rings is 1. The van der Waals surface area contributed by atoms with Crippen LogP contribution in [0.5, 0.6) is 0 Å². The molecule has 0 saturated heterocycles. The van der Waals surface area contributed by atoms with Gasteiger partial charge in [-0.2, -0.15) is 5.26 Å². The number of carbonyl (C=O) groups is 1. The Morgan fingerprint density at radius 3 is 2.68 bits per heavy atom. The molecule has 2 heterocycles. The first-order valence-electron chi connectivity index (χ1n) is 9.35. The van der Waals surface area contributed by atoms with Crippen LogP contribution in [0.25, 0.3) is 0 Å². The first-order valence-corrected chi connectivity index (χ1v) is 9.35. The van der Waals surface area contributed by atoms with Crippen LogP contribution in [0.4, 0.5) is 11.5 Å². The van der Waals surface area contributed by atoms with Crippen molar-refractivity contribution in [3.05, 3.63) is 64.0 Å². The van der Waals surface area contributed by atoms with Crippen LogP contribution in [0.15, 0.2) is 41.6 Å². The second-order valence-electron chi connectivity index (χ2n) is 6.76. The highest BCUT2D eigenvalue weighted by atomic mass is 16.5. The number of esters is 1. The van der Waals surface area contributed by atoms with E-state index in [2.05, 4.69) is 5.32 Å². The molecule has 144 valence electrons. The Morgan fingerprint density at radius 1 is 1.32 bits per heavy atom. The molecule has 3 rings (SSSR count). The van der Waals surface area contributed by atoms with Crippen LogP contribution >= 0.6 is 0 Å². The van der Waals surface area contributed by atoms with Gasteiger partial charge in [-0.05, 0) is 31.4 Å². The molecule has 2 aromatic rings. The predicted octanol–water partition coefficient (Wildman–Crippen LogP) is 3.82. The molecule has 1 aliphatic heterocycles. The summed E-state index contributed by atoms with van der Waals surface area (Å²) in [4.78, 5) is 17.7. The van der Waals surface area contributed by atoms with Crippen LogP contribution in [0.1, 0.15) is 48.6 Å². The normalized spacial score (nSPS) is 15.4. The molecule has 1 aromatic carbocycles. The lowest BCUT2D eigenvalue weighted by Crippen LogP contribution is -2.27. The van der Waals surface area contributed by atoms with Gasteiger partial charge in [-0.3, -0.25) is 0 Å². The van der Waals surface area contributed by atoms with Gasteiger partial charge < -0.3 is 15.8 Å². The second kappa shape index (κ2) is 8.13. The number of carbonyl (C=O) groups excluding carboxylic acids is 1. The fourth-order valence-electron chi connectivity index (χ4n) is 3.62. The lowest BCUT2D eigenvalue weighted by atomic mass is 9.80. The molecule has 3 N–H and O–H groups in total. The monoisotopic (exact) mass is 376 g/mol. The molecular weight excluding hydrogens is 352 g/mol. The maximum Gasteiger partial charge on any atom is 0.336 e. The Labute approximate surface area is 165 Å². The molecule has 1 aliphatic rings. The van der Waals surface area contributed by atoms with Gasteiger partial charge in [0, 0.05) is 28.6 Å². The van der Waals surface area contributed by atoms with Crippen molar-refractivity contribution >= 4 is 17.5 Å². The van der Waals surface area contributed by atoms with Crippen molar-refractivity contribution in [1.82, 2.24) is 4.98 Å². The van der Waals surface area contributed by atoms with Crippen molar-refractivity contribution in [2.75, 3.05) is 17.7 Å². The third-order valence-corrected chi connectivity index (χ3v) is 5.05. The lowest BCUT2D eigenvalue weighted by molar-refractivity contribution is -0.139. The number of nitrogens with one attached hydrogen (secondary N) is 1. The average Bonchev–Trinajstić information content (AvgIpc) is 2.70. The van der Waals surface area contributed by atoms with Crippen LogP contribution in [0, 0.1) is 18.3 Å². The van der Waals surface area contributed by atoms with Crippen LogP contribution in [0.2, 0.25) is 0 Å². The third kappa shape index (κ3) is 3.44. The molecule has 0 fully saturated rings. The lowest BCUT2D eigenvalue weighted by Gasteiger charge is -2.31. The summed E-state index contributed by atoms with van der Waals surface area (Å²) in [5, 5.41) is 12.0. The third-order valence-electron chi connectivity index (χ3n) is 5.05. The summed E-state index contributed by atoms with van der Waals surface area (Å²) in [6.07, 6.45) is 0.924. The summed E-state index contributed by atoms with van der Waals surface area (Å²) < 4.78 is 5.35. The van der Waals surface area contributed by atoms with Crippen molar-refractivity contribution in [1.29, 1.82) is 5.26 Å². The largest absolute Gasteiger partial charge is 0.461 e. The number of nitrogens with zero attached hydrogens (tertiary/aromatic N) is 2. The highest BCUT2D eigenvalue weighted by Gasteiger charge is 2.36. The summed E-state index contributed by atoms with van der Waals surface area (Å²) in [5.74, 6) is -0.152. The minimum atomic E-state index is -0.448. The molecule has 1 unspecified atom stereocenters. The molecule has 1 aromatic heterocycles. The molecule has 0 bridgehead atoms. The number of hydrogen-bond acceptors (Lipinski definition) is 6. The van der Waals surface area contributed by atoms with Gasteiger partial charge in [-0.1, -0.05) is 37.3 Å². The van der Waals surface area contributed by atoms with E-state index in [0.29, 0.717) is 22.8 Å². The second-order valence-corrected chi connectivity index (χ2v) is 6.76. The van der Waals surface area contributed by atoms with Gasteiger partial charge in [0.05, 0.1) is 18.1 Å². The number of pyridine rings is 1. The number of rotatable bonds is 5. The SMILES string of the molecule is CCc1nc2c(c(N)c1C)C(c1ccccc1)C(C(=O)OCCC#N)=C(C)N2. The Balaban J connectivity index is 2.18. The Kier molecular flexibility index (Phi) is 5.65. The number of nitrogen functional groups attached to an aromatic ring is 1. The van der Waals surface area contributed by atoms with E-state index in [1.807, 2.05) is 57.2 Å². The van der Waals surface area contributed by atoms with Gasteiger partial charge in [-0.25, -0.2) is 9.78 Å². The number of nitriles is 1. The smallest absolute Gasteiger partial charge is 0.336 e. The summed E-state index contributed by atoms with van der Waals surface area (Å²) in [7, 11) is 0. The number of ether oxygens (including phenoxy) is 1. The van der Waals surface area contributed by atoms with Gasteiger partial charge in [0.15, 0.2) is 0 Å². The quantitative estimate of drug-likeness (QED) is 0.608. The maximum atomic E-state index is 12.9. The number of allylic oxidation sites excluding steroid dienone is 1. The molecule has 0 radical (unpaired) electrons. The predicted molar refractivity (Wildman–Crippen MR) is 109 cm³/mol. The average molecular weight is 376 g/mol. The Hall–Kier alpha value is -3.33. The maximum absolute atomic E-state index is 12.9. The van der Waals surface area contributed by atoms with Gasteiger partial charge in [0.1, 0.15) is 12.4 Å². The van der Waals surface area contributed by atoms with E-state index < -0.39 is 5.97 Å². The molecule has 28 heavy (non-hydrogen) atoms. The van der Waals surface area contributed by atoms with Crippen molar-refractivity contribution in [3.8, 4) is 6.07 Å². The van der Waals surface area contributed by atoms with Crippen molar-refractivity contribution in [2.24, 2.45) is 0 Å². The fourth-order valence-corrected chi connectivity index (χ4v) is 3.62. The summed E-state index contributed by atoms with van der Waals surface area (Å²) in [5.41, 5.74) is 11.9. The summed E-state index contributed by atoms with van der Waals surface area (Å²) >= 11 is 0. The zero-order valence-electron chi connectivity index (χ0n) is 16.4. The van der Waals surface area contributed by atoms with Gasteiger partial charge in [0.2, 0.25) is 0 Å². The first-order chi connectivity index (χ1) is 13.5. The standard InChI is InChI=1S/C22H24N4O2/c1-4-16-13(2)20(24)19-18(15-9-6-5-7-10-15)17(14(3)25-21(19)26-16)22(27)28-12-8-11-23/h5-7,9-10,18H,4,8,12H2,1-3H3,(H3,24,25,26). The fraction of sp³-hybridized carbons (Fsp3) is 0.318. The molecule has 6 nitrogen and oxygen atoms in total. The number of anilines is 2. The summed E-state index contributed by atoms with van der Waals surface area (Å²) in [6, 6.07) is 11.7. The highest BCUT2D eigenvalue weighted by Crippen LogP contribution is 2.45. The molecule has 1 atom stereocenters. The van der Waals surface area contributed by atoms with Crippen LogP contribution in [0.3, 0.4) is 0 Å². The van der Waals surface area contributed by atoms with Gasteiger partial charge >= 0.3 is 5.97 Å². The van der Waals surface area contributed by atoms with Crippen LogP contribution in [-0.2, 0) is 16.0 Å². The van der Waals surface area contributed by atoms with Crippen molar-refractivity contribution in [2.45, 2.75) is 39.5 Å². The number of fused-ring (bicyclic) bond motifs is 1.